The van der Waals surface area contributed by atoms with Crippen LogP contribution < -0.4 is 0 Å². The first-order valence-electron chi connectivity index (χ1n) is 3.05. The Kier molecular flexibility index (Phi) is 5.99. The summed E-state index contributed by atoms with van der Waals surface area (Å²) in [5.74, 6) is -0.786. The summed E-state index contributed by atoms with van der Waals surface area (Å²) in [7, 11) is 0. The van der Waals surface area contributed by atoms with Gasteiger partial charge < -0.3 is 7.96 Å². The molecule has 56 valence electrons. The van der Waals surface area contributed by atoms with Crippen molar-refractivity contribution in [1.82, 2.24) is 0 Å². The molecule has 2 nitrogen and oxygen atoms in total. The van der Waals surface area contributed by atoms with Crippen LogP contribution in [0.1, 0.15) is 8.42 Å². The van der Waals surface area contributed by atoms with Gasteiger partial charge >= 0.3 is 54.9 Å². The molecule has 0 spiro atoms. The van der Waals surface area contributed by atoms with Gasteiger partial charge in [0.15, 0.2) is 0 Å². The number of hydrogen-bond acceptors (Lipinski definition) is 1. The zero-order chi connectivity index (χ0) is 7.40. The third-order valence-corrected chi connectivity index (χ3v) is 1.20. The molecule has 0 aliphatic carbocycles. The van der Waals surface area contributed by atoms with E-state index in [1.54, 1.807) is 12.1 Å². The quantitative estimate of drug-likeness (QED) is 0.823. The monoisotopic (exact) mass is 276 g/mol. The van der Waals surface area contributed by atoms with E-state index in [9.17, 15) is 4.79 Å². The second-order valence-electron chi connectivity index (χ2n) is 2.06. The molecule has 0 fully saturated rings. The van der Waals surface area contributed by atoms with Gasteiger partial charge in [0.2, 0.25) is 0 Å². The summed E-state index contributed by atoms with van der Waals surface area (Å²) in [5, 5.41) is 8.37. The van der Waals surface area contributed by atoms with Crippen LogP contribution in [0.3, 0.4) is 0 Å². The van der Waals surface area contributed by atoms with Crippen molar-refractivity contribution in [2.24, 2.45) is 0 Å². The minimum Gasteiger partial charge on any atom is -1.00 e. The fraction of sp³-hybridized carbons (Fsp3) is 0.125. The molecule has 0 radical (unpaired) electrons. The van der Waals surface area contributed by atoms with Crippen molar-refractivity contribution < 1.29 is 12.8 Å². The molecule has 0 heterocycles. The Bertz CT molecular complexity index is 229. The van der Waals surface area contributed by atoms with Gasteiger partial charge in [0.1, 0.15) is 0 Å². The normalized spacial score (nSPS) is 8.36. The standard InChI is InChI=1S/C8H8O2.Ba.2H/c9-8(10)6-7-4-2-1-3-5-7;;;/h1-5H,6H2,(H,9,10);;;/q;+2;2*-1. The number of benzene rings is 1. The molecule has 1 N–H and O–H groups in total. The summed E-state index contributed by atoms with van der Waals surface area (Å²) in [6.45, 7) is 0. The maximum atomic E-state index is 10.2. The summed E-state index contributed by atoms with van der Waals surface area (Å²) in [5.41, 5.74) is 0.843. The topological polar surface area (TPSA) is 37.3 Å². The minimum absolute atomic E-state index is 0. The molecule has 0 atom stereocenters. The van der Waals surface area contributed by atoms with E-state index < -0.39 is 5.97 Å². The van der Waals surface area contributed by atoms with Crippen LogP contribution in [-0.4, -0.2) is 60.0 Å². The van der Waals surface area contributed by atoms with Crippen LogP contribution in [0.25, 0.3) is 0 Å². The van der Waals surface area contributed by atoms with Crippen LogP contribution in [-0.2, 0) is 11.2 Å². The van der Waals surface area contributed by atoms with Gasteiger partial charge in [-0.2, -0.15) is 0 Å². The molecule has 0 unspecified atom stereocenters. The molecule has 1 aromatic carbocycles. The first-order valence-corrected chi connectivity index (χ1v) is 3.05. The molecule has 0 aromatic heterocycles. The van der Waals surface area contributed by atoms with E-state index >= 15 is 0 Å². The van der Waals surface area contributed by atoms with E-state index in [1.807, 2.05) is 18.2 Å². The number of rotatable bonds is 2. The molecule has 0 saturated carbocycles. The van der Waals surface area contributed by atoms with E-state index in [1.165, 1.54) is 0 Å². The van der Waals surface area contributed by atoms with Gasteiger partial charge in [0.25, 0.3) is 0 Å². The molecule has 11 heavy (non-hydrogen) atoms. The number of carbonyl (C=O) groups is 1. The third-order valence-electron chi connectivity index (χ3n) is 1.20. The van der Waals surface area contributed by atoms with Crippen molar-refractivity contribution in [1.29, 1.82) is 0 Å². The van der Waals surface area contributed by atoms with Gasteiger partial charge in [-0.1, -0.05) is 30.3 Å². The minimum atomic E-state index is -0.786. The van der Waals surface area contributed by atoms with Gasteiger partial charge in [-0.15, -0.1) is 0 Å². The predicted molar refractivity (Wildman–Crippen MR) is 45.8 cm³/mol. The zero-order valence-corrected chi connectivity index (χ0v) is 10.6. The Morgan fingerprint density at radius 1 is 1.36 bits per heavy atom. The van der Waals surface area contributed by atoms with Crippen molar-refractivity contribution in [2.45, 2.75) is 6.42 Å². The largest absolute Gasteiger partial charge is 2.00 e. The van der Waals surface area contributed by atoms with Crippen molar-refractivity contribution in [3.63, 3.8) is 0 Å². The number of carboxylic acid groups (broad SMARTS) is 1. The summed E-state index contributed by atoms with van der Waals surface area (Å²) < 4.78 is 0. The summed E-state index contributed by atoms with van der Waals surface area (Å²) in [6, 6.07) is 9.13. The molecule has 1 rings (SSSR count). The van der Waals surface area contributed by atoms with E-state index in [4.69, 9.17) is 5.11 Å². The average molecular weight is 275 g/mol. The first-order chi connectivity index (χ1) is 4.79. The molecular weight excluding hydrogens is 265 g/mol. The summed E-state index contributed by atoms with van der Waals surface area (Å²) in [6.07, 6.45) is 0.112. The van der Waals surface area contributed by atoms with Gasteiger partial charge in [-0.25, -0.2) is 0 Å². The fourth-order valence-corrected chi connectivity index (χ4v) is 0.770. The number of carboxylic acids is 1. The molecule has 0 bridgehead atoms. The summed E-state index contributed by atoms with van der Waals surface area (Å²) in [4.78, 5) is 10.2. The van der Waals surface area contributed by atoms with Crippen molar-refractivity contribution in [3.8, 4) is 0 Å². The van der Waals surface area contributed by atoms with Crippen molar-refractivity contribution in [2.75, 3.05) is 0 Å². The Balaban J connectivity index is -0.000000333. The molecule has 0 aliphatic rings. The van der Waals surface area contributed by atoms with Gasteiger partial charge in [0.05, 0.1) is 6.42 Å². The van der Waals surface area contributed by atoms with Gasteiger partial charge in [0, 0.05) is 0 Å². The van der Waals surface area contributed by atoms with Gasteiger partial charge in [-0.3, -0.25) is 4.79 Å². The Hall–Kier alpha value is 0.261. The number of hydrogen-bond donors (Lipinski definition) is 1. The Labute approximate surface area is 109 Å². The molecule has 1 aromatic rings. The van der Waals surface area contributed by atoms with E-state index in [0.29, 0.717) is 0 Å². The SMILES string of the molecule is O=C(O)Cc1ccccc1.[Ba+2].[H-].[H-]. The van der Waals surface area contributed by atoms with Crippen molar-refractivity contribution >= 4 is 54.9 Å². The third kappa shape index (κ3) is 4.66. The first kappa shape index (κ1) is 11.3. The molecule has 0 amide bonds. The average Bonchev–Trinajstić information content (AvgIpc) is 1.88. The zero-order valence-electron chi connectivity index (χ0n) is 8.16. The van der Waals surface area contributed by atoms with E-state index in [2.05, 4.69) is 0 Å². The number of aliphatic carboxylic acids is 1. The van der Waals surface area contributed by atoms with Crippen LogP contribution in [0.5, 0.6) is 0 Å². The van der Waals surface area contributed by atoms with Gasteiger partial charge in [-0.05, 0) is 5.56 Å². The van der Waals surface area contributed by atoms with Crippen LogP contribution in [0.15, 0.2) is 30.3 Å². The smallest absolute Gasteiger partial charge is 1.00 e. The fourth-order valence-electron chi connectivity index (χ4n) is 0.770. The van der Waals surface area contributed by atoms with Crippen LogP contribution in [0.2, 0.25) is 0 Å². The molecule has 3 heteroatoms. The van der Waals surface area contributed by atoms with Crippen molar-refractivity contribution in [3.05, 3.63) is 35.9 Å². The molecular formula is C8H10BaO2. The molecule has 0 saturated heterocycles. The van der Waals surface area contributed by atoms with Crippen LogP contribution in [0.4, 0.5) is 0 Å². The van der Waals surface area contributed by atoms with E-state index in [-0.39, 0.29) is 58.2 Å². The van der Waals surface area contributed by atoms with Crippen LogP contribution >= 0.6 is 0 Å². The summed E-state index contributed by atoms with van der Waals surface area (Å²) >= 11 is 0. The predicted octanol–water partition coefficient (Wildman–Crippen LogP) is 1.16. The Morgan fingerprint density at radius 3 is 2.36 bits per heavy atom. The Morgan fingerprint density at radius 2 is 1.91 bits per heavy atom. The second kappa shape index (κ2) is 5.85. The van der Waals surface area contributed by atoms with E-state index in [0.717, 1.165) is 5.56 Å². The second-order valence-corrected chi connectivity index (χ2v) is 2.06. The molecule has 0 aliphatic heterocycles. The maximum absolute atomic E-state index is 10.2. The maximum Gasteiger partial charge on any atom is 2.00 e. The van der Waals surface area contributed by atoms with Crippen LogP contribution in [0, 0.1) is 0 Å².